The minimum atomic E-state index is -0.225. The Hall–Kier alpha value is -2.87. The molecule has 150 valence electrons. The van der Waals surface area contributed by atoms with Crippen LogP contribution in [-0.2, 0) is 4.79 Å². The lowest BCUT2D eigenvalue weighted by Gasteiger charge is -2.36. The molecule has 2 aromatic carbocycles. The molecule has 4 rings (SSSR count). The summed E-state index contributed by atoms with van der Waals surface area (Å²) in [5, 5.41) is 7.68. The van der Waals surface area contributed by atoms with Crippen molar-refractivity contribution in [2.75, 3.05) is 36.8 Å². The number of nitrogens with one attached hydrogen (secondary N) is 1. The van der Waals surface area contributed by atoms with E-state index in [-0.39, 0.29) is 17.5 Å². The van der Waals surface area contributed by atoms with Gasteiger partial charge in [0, 0.05) is 31.7 Å². The molecular formula is C21H22FN5OS. The monoisotopic (exact) mass is 411 g/mol. The van der Waals surface area contributed by atoms with Crippen molar-refractivity contribution in [3.8, 4) is 11.4 Å². The second-order valence-electron chi connectivity index (χ2n) is 6.94. The van der Waals surface area contributed by atoms with E-state index in [0.29, 0.717) is 42.8 Å². The van der Waals surface area contributed by atoms with E-state index < -0.39 is 0 Å². The van der Waals surface area contributed by atoms with Crippen molar-refractivity contribution in [2.45, 2.75) is 12.1 Å². The maximum Gasteiger partial charge on any atom is 0.233 e. The fraction of sp³-hybridized carbons (Fsp3) is 0.286. The van der Waals surface area contributed by atoms with E-state index in [9.17, 15) is 9.18 Å². The Morgan fingerprint density at radius 3 is 2.55 bits per heavy atom. The van der Waals surface area contributed by atoms with Crippen LogP contribution >= 0.6 is 11.8 Å². The van der Waals surface area contributed by atoms with Crippen LogP contribution in [0.3, 0.4) is 0 Å². The lowest BCUT2D eigenvalue weighted by Crippen LogP contribution is -2.49. The highest BCUT2D eigenvalue weighted by Crippen LogP contribution is 2.22. The molecule has 3 aromatic rings. The summed E-state index contributed by atoms with van der Waals surface area (Å²) in [6.07, 6.45) is 0. The second kappa shape index (κ2) is 8.65. The molecule has 1 amide bonds. The summed E-state index contributed by atoms with van der Waals surface area (Å²) in [5.41, 5.74) is 2.74. The third-order valence-corrected chi connectivity index (χ3v) is 5.77. The maximum absolute atomic E-state index is 13.9. The lowest BCUT2D eigenvalue weighted by molar-refractivity contribution is -0.128. The molecule has 0 unspecified atom stereocenters. The normalized spacial score (nSPS) is 14.3. The minimum absolute atomic E-state index is 0.0462. The highest BCUT2D eigenvalue weighted by atomic mass is 32.2. The zero-order valence-electron chi connectivity index (χ0n) is 16.1. The summed E-state index contributed by atoms with van der Waals surface area (Å²) in [6, 6.07) is 14.8. The zero-order valence-corrected chi connectivity index (χ0v) is 17.0. The lowest BCUT2D eigenvalue weighted by atomic mass is 10.1. The molecule has 1 saturated heterocycles. The van der Waals surface area contributed by atoms with Crippen LogP contribution in [0.4, 0.5) is 10.1 Å². The zero-order chi connectivity index (χ0) is 20.2. The summed E-state index contributed by atoms with van der Waals surface area (Å²) in [6.45, 7) is 4.44. The van der Waals surface area contributed by atoms with Gasteiger partial charge in [0.15, 0.2) is 5.82 Å². The molecule has 0 saturated carbocycles. The number of aromatic nitrogens is 3. The van der Waals surface area contributed by atoms with Crippen LogP contribution in [0.25, 0.3) is 11.4 Å². The summed E-state index contributed by atoms with van der Waals surface area (Å²) >= 11 is 1.32. The van der Waals surface area contributed by atoms with Crippen molar-refractivity contribution < 1.29 is 9.18 Å². The number of aromatic amines is 1. The van der Waals surface area contributed by atoms with Gasteiger partial charge in [0.2, 0.25) is 11.1 Å². The number of amides is 1. The molecular weight excluding hydrogens is 389 g/mol. The second-order valence-corrected chi connectivity index (χ2v) is 7.88. The van der Waals surface area contributed by atoms with Crippen LogP contribution in [0.2, 0.25) is 0 Å². The predicted molar refractivity (Wildman–Crippen MR) is 112 cm³/mol. The van der Waals surface area contributed by atoms with Crippen LogP contribution < -0.4 is 4.90 Å². The Kier molecular flexibility index (Phi) is 5.80. The highest BCUT2D eigenvalue weighted by molar-refractivity contribution is 7.99. The van der Waals surface area contributed by atoms with Crippen molar-refractivity contribution in [2.24, 2.45) is 0 Å². The number of H-pyrrole nitrogens is 1. The number of piperazine rings is 1. The number of carbonyl (C=O) groups excluding carboxylic acids is 1. The fourth-order valence-electron chi connectivity index (χ4n) is 3.27. The summed E-state index contributed by atoms with van der Waals surface area (Å²) in [5.74, 6) is 0.797. The van der Waals surface area contributed by atoms with Gasteiger partial charge in [-0.05, 0) is 19.1 Å². The third-order valence-electron chi connectivity index (χ3n) is 4.94. The largest absolute Gasteiger partial charge is 0.366 e. The van der Waals surface area contributed by atoms with Gasteiger partial charge in [-0.2, -0.15) is 0 Å². The SMILES string of the molecule is Cc1ccc(-c2nc(SCC(=O)N3CCN(c4ccccc4F)CC3)n[nH]2)cc1. The van der Waals surface area contributed by atoms with Crippen LogP contribution in [-0.4, -0.2) is 57.9 Å². The molecule has 0 aliphatic carbocycles. The molecule has 2 heterocycles. The van der Waals surface area contributed by atoms with E-state index in [1.165, 1.54) is 23.4 Å². The van der Waals surface area contributed by atoms with Gasteiger partial charge in [0.1, 0.15) is 5.82 Å². The van der Waals surface area contributed by atoms with Gasteiger partial charge in [-0.3, -0.25) is 9.89 Å². The first kappa shape index (κ1) is 19.4. The van der Waals surface area contributed by atoms with Gasteiger partial charge in [-0.25, -0.2) is 9.37 Å². The van der Waals surface area contributed by atoms with Crippen molar-refractivity contribution in [3.63, 3.8) is 0 Å². The molecule has 29 heavy (non-hydrogen) atoms. The number of carbonyl (C=O) groups is 1. The van der Waals surface area contributed by atoms with E-state index in [2.05, 4.69) is 15.2 Å². The van der Waals surface area contributed by atoms with Crippen LogP contribution in [0.5, 0.6) is 0 Å². The Labute approximate surface area is 173 Å². The van der Waals surface area contributed by atoms with Crippen LogP contribution in [0, 0.1) is 12.7 Å². The van der Waals surface area contributed by atoms with Gasteiger partial charge in [0.05, 0.1) is 11.4 Å². The fourth-order valence-corrected chi connectivity index (χ4v) is 3.98. The quantitative estimate of drug-likeness (QED) is 0.652. The van der Waals surface area contributed by atoms with E-state index in [1.54, 1.807) is 12.1 Å². The molecule has 1 aliphatic heterocycles. The topological polar surface area (TPSA) is 65.1 Å². The first-order chi connectivity index (χ1) is 14.1. The summed E-state index contributed by atoms with van der Waals surface area (Å²) in [7, 11) is 0. The Morgan fingerprint density at radius 2 is 1.83 bits per heavy atom. The Balaban J connectivity index is 1.29. The third kappa shape index (κ3) is 4.59. The predicted octanol–water partition coefficient (Wildman–Crippen LogP) is 3.36. The van der Waals surface area contributed by atoms with Crippen LogP contribution in [0.1, 0.15) is 5.56 Å². The molecule has 0 spiro atoms. The van der Waals surface area contributed by atoms with Gasteiger partial charge in [-0.1, -0.05) is 53.7 Å². The van der Waals surface area contributed by atoms with Gasteiger partial charge >= 0.3 is 0 Å². The smallest absolute Gasteiger partial charge is 0.233 e. The number of nitrogens with zero attached hydrogens (tertiary/aromatic N) is 4. The number of thioether (sulfide) groups is 1. The number of benzene rings is 2. The first-order valence-electron chi connectivity index (χ1n) is 9.49. The molecule has 0 bridgehead atoms. The average molecular weight is 412 g/mol. The van der Waals surface area contributed by atoms with Gasteiger partial charge in [0.25, 0.3) is 0 Å². The molecule has 0 atom stereocenters. The van der Waals surface area contributed by atoms with Crippen molar-refractivity contribution >= 4 is 23.4 Å². The van der Waals surface area contributed by atoms with Crippen molar-refractivity contribution in [3.05, 3.63) is 59.9 Å². The van der Waals surface area contributed by atoms with Crippen molar-refractivity contribution in [1.82, 2.24) is 20.1 Å². The van der Waals surface area contributed by atoms with E-state index in [0.717, 1.165) is 5.56 Å². The molecule has 1 aromatic heterocycles. The summed E-state index contributed by atoms with van der Waals surface area (Å²) < 4.78 is 13.9. The average Bonchev–Trinajstić information content (AvgIpc) is 3.22. The minimum Gasteiger partial charge on any atom is -0.366 e. The number of anilines is 1. The van der Waals surface area contributed by atoms with Crippen LogP contribution in [0.15, 0.2) is 53.7 Å². The van der Waals surface area contributed by atoms with Gasteiger partial charge < -0.3 is 9.80 Å². The number of rotatable bonds is 5. The maximum atomic E-state index is 13.9. The molecule has 8 heteroatoms. The number of hydrogen-bond donors (Lipinski definition) is 1. The van der Waals surface area contributed by atoms with E-state index >= 15 is 0 Å². The van der Waals surface area contributed by atoms with E-state index in [4.69, 9.17) is 0 Å². The first-order valence-corrected chi connectivity index (χ1v) is 10.5. The van der Waals surface area contributed by atoms with E-state index in [1.807, 2.05) is 47.1 Å². The van der Waals surface area contributed by atoms with Gasteiger partial charge in [-0.15, -0.1) is 5.10 Å². The molecule has 1 fully saturated rings. The molecule has 6 nitrogen and oxygen atoms in total. The highest BCUT2D eigenvalue weighted by Gasteiger charge is 2.23. The Bertz CT molecular complexity index is 983. The Morgan fingerprint density at radius 1 is 1.10 bits per heavy atom. The summed E-state index contributed by atoms with van der Waals surface area (Å²) in [4.78, 5) is 20.8. The standard InChI is InChI=1S/C21H22FN5OS/c1-15-6-8-16(9-7-15)20-23-21(25-24-20)29-14-19(28)27-12-10-26(11-13-27)18-5-3-2-4-17(18)22/h2-9H,10-14H2,1H3,(H,23,24,25). The number of aryl methyl sites for hydroxylation is 1. The van der Waals surface area contributed by atoms with Crippen molar-refractivity contribution in [1.29, 1.82) is 0 Å². The number of halogens is 1. The number of hydrogen-bond acceptors (Lipinski definition) is 5. The molecule has 0 radical (unpaired) electrons. The molecule has 1 N–H and O–H groups in total. The number of para-hydroxylation sites is 1. The molecule has 1 aliphatic rings.